The minimum atomic E-state index is -0.605. The average molecular weight is 274 g/mol. The third-order valence-corrected chi connectivity index (χ3v) is 3.37. The van der Waals surface area contributed by atoms with Crippen LogP contribution in [-0.2, 0) is 9.47 Å². The first-order chi connectivity index (χ1) is 9.79. The monoisotopic (exact) mass is 274 g/mol. The van der Waals surface area contributed by atoms with Crippen LogP contribution in [0.5, 0.6) is 0 Å². The van der Waals surface area contributed by atoms with Crippen molar-refractivity contribution in [2.45, 2.75) is 18.5 Å². The van der Waals surface area contributed by atoms with E-state index in [1.54, 1.807) is 18.2 Å². The van der Waals surface area contributed by atoms with Crippen LogP contribution in [0.1, 0.15) is 23.5 Å². The van der Waals surface area contributed by atoms with Crippen molar-refractivity contribution in [3.05, 3.63) is 71.5 Å². The largest absolute Gasteiger partial charge is 0.394 e. The fourth-order valence-corrected chi connectivity index (χ4v) is 2.37. The third kappa shape index (κ3) is 2.45. The van der Waals surface area contributed by atoms with E-state index in [0.717, 1.165) is 5.56 Å². The molecule has 1 aliphatic heterocycles. The van der Waals surface area contributed by atoms with Crippen LogP contribution in [-0.4, -0.2) is 17.8 Å². The van der Waals surface area contributed by atoms with Crippen molar-refractivity contribution in [1.29, 1.82) is 0 Å². The maximum atomic E-state index is 13.9. The summed E-state index contributed by atoms with van der Waals surface area (Å²) in [7, 11) is 0. The van der Waals surface area contributed by atoms with Crippen LogP contribution in [0.25, 0.3) is 0 Å². The Morgan fingerprint density at radius 3 is 2.35 bits per heavy atom. The molecule has 3 atom stereocenters. The summed E-state index contributed by atoms with van der Waals surface area (Å²) in [5, 5.41) is 9.43. The highest BCUT2D eigenvalue weighted by Crippen LogP contribution is 2.40. The van der Waals surface area contributed by atoms with Gasteiger partial charge in [-0.3, -0.25) is 0 Å². The zero-order chi connectivity index (χ0) is 13.9. The number of benzene rings is 2. The molecule has 104 valence electrons. The summed E-state index contributed by atoms with van der Waals surface area (Å²) in [6.07, 6.45) is -1.76. The summed E-state index contributed by atoms with van der Waals surface area (Å²) in [6.45, 7) is -0.220. The van der Waals surface area contributed by atoms with Crippen LogP contribution >= 0.6 is 0 Å². The first kappa shape index (κ1) is 13.2. The Labute approximate surface area is 116 Å². The van der Waals surface area contributed by atoms with Crippen molar-refractivity contribution in [1.82, 2.24) is 0 Å². The van der Waals surface area contributed by atoms with E-state index in [-0.39, 0.29) is 12.4 Å². The highest BCUT2D eigenvalue weighted by molar-refractivity contribution is 5.23. The number of ether oxygens (including phenoxy) is 2. The smallest absolute Gasteiger partial charge is 0.185 e. The zero-order valence-electron chi connectivity index (χ0n) is 10.8. The van der Waals surface area contributed by atoms with Gasteiger partial charge >= 0.3 is 0 Å². The molecule has 4 heteroatoms. The molecule has 1 saturated heterocycles. The quantitative estimate of drug-likeness (QED) is 0.935. The topological polar surface area (TPSA) is 38.7 Å². The van der Waals surface area contributed by atoms with Gasteiger partial charge < -0.3 is 14.6 Å². The highest BCUT2D eigenvalue weighted by Gasteiger charge is 2.38. The number of aliphatic hydroxyl groups is 1. The van der Waals surface area contributed by atoms with Crippen LogP contribution < -0.4 is 0 Å². The van der Waals surface area contributed by atoms with Crippen molar-refractivity contribution in [2.75, 3.05) is 6.61 Å². The lowest BCUT2D eigenvalue weighted by atomic mass is 10.0. The summed E-state index contributed by atoms with van der Waals surface area (Å²) < 4.78 is 25.3. The molecule has 0 aliphatic carbocycles. The van der Waals surface area contributed by atoms with Crippen molar-refractivity contribution >= 4 is 0 Å². The van der Waals surface area contributed by atoms with Gasteiger partial charge in [0.15, 0.2) is 6.29 Å². The van der Waals surface area contributed by atoms with Gasteiger partial charge in [-0.1, -0.05) is 48.5 Å². The number of aliphatic hydroxyl groups excluding tert-OH is 1. The van der Waals surface area contributed by atoms with Gasteiger partial charge in [-0.25, -0.2) is 4.39 Å². The van der Waals surface area contributed by atoms with Gasteiger partial charge in [-0.15, -0.1) is 0 Å². The molecule has 0 amide bonds. The zero-order valence-corrected chi connectivity index (χ0v) is 10.8. The maximum Gasteiger partial charge on any atom is 0.185 e. The van der Waals surface area contributed by atoms with E-state index in [9.17, 15) is 9.50 Å². The molecule has 1 aliphatic rings. The lowest BCUT2D eigenvalue weighted by Gasteiger charge is -2.15. The molecule has 0 spiro atoms. The molecule has 0 bridgehead atoms. The Hall–Kier alpha value is -1.75. The van der Waals surface area contributed by atoms with Gasteiger partial charge in [0.05, 0.1) is 6.61 Å². The second-order valence-corrected chi connectivity index (χ2v) is 4.68. The molecule has 0 aromatic heterocycles. The van der Waals surface area contributed by atoms with E-state index in [2.05, 4.69) is 0 Å². The summed E-state index contributed by atoms with van der Waals surface area (Å²) >= 11 is 0. The SMILES string of the molecule is OCC1OC(c2ccccc2)OC1c1ccccc1F. The van der Waals surface area contributed by atoms with Gasteiger partial charge in [-0.2, -0.15) is 0 Å². The van der Waals surface area contributed by atoms with Gasteiger partial charge in [0.25, 0.3) is 0 Å². The second-order valence-electron chi connectivity index (χ2n) is 4.68. The van der Waals surface area contributed by atoms with E-state index in [0.29, 0.717) is 5.56 Å². The van der Waals surface area contributed by atoms with Crippen LogP contribution in [0.4, 0.5) is 4.39 Å². The van der Waals surface area contributed by atoms with Crippen LogP contribution in [0, 0.1) is 5.82 Å². The Morgan fingerprint density at radius 1 is 0.950 bits per heavy atom. The average Bonchev–Trinajstić information content (AvgIpc) is 2.93. The Bertz CT molecular complexity index is 573. The molecule has 3 unspecified atom stereocenters. The molecule has 2 aromatic carbocycles. The first-order valence-corrected chi connectivity index (χ1v) is 6.50. The standard InChI is InChI=1S/C16H15FO3/c17-13-9-5-4-8-12(13)15-14(10-18)19-16(20-15)11-6-2-1-3-7-11/h1-9,14-16,18H,10H2. The predicted octanol–water partition coefficient (Wildman–Crippen LogP) is 2.97. The Morgan fingerprint density at radius 2 is 1.65 bits per heavy atom. The molecule has 0 saturated carbocycles. The summed E-state index contributed by atoms with van der Waals surface area (Å²) in [4.78, 5) is 0. The summed E-state index contributed by atoms with van der Waals surface area (Å²) in [5.74, 6) is -0.353. The minimum Gasteiger partial charge on any atom is -0.394 e. The molecule has 20 heavy (non-hydrogen) atoms. The minimum absolute atomic E-state index is 0.220. The number of rotatable bonds is 3. The Balaban J connectivity index is 1.87. The number of halogens is 1. The molecular weight excluding hydrogens is 259 g/mol. The lowest BCUT2D eigenvalue weighted by molar-refractivity contribution is -0.0741. The van der Waals surface area contributed by atoms with Gasteiger partial charge in [0, 0.05) is 11.1 Å². The molecule has 3 rings (SSSR count). The van der Waals surface area contributed by atoms with Crippen molar-refractivity contribution in [3.63, 3.8) is 0 Å². The fourth-order valence-electron chi connectivity index (χ4n) is 2.37. The molecule has 1 N–H and O–H groups in total. The highest BCUT2D eigenvalue weighted by atomic mass is 19.1. The number of hydrogen-bond donors (Lipinski definition) is 1. The molecule has 0 radical (unpaired) electrons. The van der Waals surface area contributed by atoms with Crippen LogP contribution in [0.15, 0.2) is 54.6 Å². The van der Waals surface area contributed by atoms with E-state index >= 15 is 0 Å². The van der Waals surface area contributed by atoms with Crippen molar-refractivity contribution in [3.8, 4) is 0 Å². The molecule has 1 fully saturated rings. The molecule has 2 aromatic rings. The van der Waals surface area contributed by atoms with Crippen molar-refractivity contribution < 1.29 is 19.0 Å². The van der Waals surface area contributed by atoms with Crippen LogP contribution in [0.2, 0.25) is 0 Å². The van der Waals surface area contributed by atoms with Gasteiger partial charge in [-0.05, 0) is 6.07 Å². The van der Waals surface area contributed by atoms with Gasteiger partial charge in [0.1, 0.15) is 18.0 Å². The lowest BCUT2D eigenvalue weighted by Crippen LogP contribution is -2.20. The maximum absolute atomic E-state index is 13.9. The molecule has 1 heterocycles. The fraction of sp³-hybridized carbons (Fsp3) is 0.250. The van der Waals surface area contributed by atoms with Gasteiger partial charge in [0.2, 0.25) is 0 Å². The second kappa shape index (κ2) is 5.71. The van der Waals surface area contributed by atoms with E-state index < -0.39 is 18.5 Å². The molecular formula is C16H15FO3. The van der Waals surface area contributed by atoms with E-state index in [1.807, 2.05) is 30.3 Å². The molecule has 3 nitrogen and oxygen atoms in total. The predicted molar refractivity (Wildman–Crippen MR) is 71.4 cm³/mol. The summed E-state index contributed by atoms with van der Waals surface area (Å²) in [5.41, 5.74) is 1.26. The van der Waals surface area contributed by atoms with E-state index in [1.165, 1.54) is 6.07 Å². The van der Waals surface area contributed by atoms with E-state index in [4.69, 9.17) is 9.47 Å². The summed E-state index contributed by atoms with van der Waals surface area (Å²) in [6, 6.07) is 15.8. The van der Waals surface area contributed by atoms with Crippen LogP contribution in [0.3, 0.4) is 0 Å². The normalized spacial score (nSPS) is 25.8. The first-order valence-electron chi connectivity index (χ1n) is 6.50. The number of hydrogen-bond acceptors (Lipinski definition) is 3. The third-order valence-electron chi connectivity index (χ3n) is 3.37. The van der Waals surface area contributed by atoms with Crippen molar-refractivity contribution in [2.24, 2.45) is 0 Å². The Kier molecular flexibility index (Phi) is 3.78.